The summed E-state index contributed by atoms with van der Waals surface area (Å²) in [7, 11) is 0. The van der Waals surface area contributed by atoms with E-state index in [4.69, 9.17) is 0 Å². The lowest BCUT2D eigenvalue weighted by Gasteiger charge is -2.18. The van der Waals surface area contributed by atoms with E-state index < -0.39 is 0 Å². The van der Waals surface area contributed by atoms with Crippen LogP contribution in [0.3, 0.4) is 0 Å². The lowest BCUT2D eigenvalue weighted by Crippen LogP contribution is -2.21. The van der Waals surface area contributed by atoms with E-state index in [9.17, 15) is 0 Å². The van der Waals surface area contributed by atoms with Crippen molar-refractivity contribution in [2.45, 2.75) is 26.8 Å². The first-order valence-electron chi connectivity index (χ1n) is 6.01. The van der Waals surface area contributed by atoms with Crippen molar-refractivity contribution in [3.63, 3.8) is 0 Å². The Morgan fingerprint density at radius 3 is 2.65 bits per heavy atom. The van der Waals surface area contributed by atoms with Crippen molar-refractivity contribution in [2.24, 2.45) is 0 Å². The van der Waals surface area contributed by atoms with Crippen LogP contribution in [-0.4, -0.2) is 16.7 Å². The molecule has 2 aromatic rings. The molecule has 0 fully saturated rings. The number of H-pyrrole nitrogens is 1. The molecule has 0 amide bonds. The molecule has 0 bridgehead atoms. The van der Waals surface area contributed by atoms with E-state index in [1.54, 1.807) is 0 Å². The molecule has 90 valence electrons. The second kappa shape index (κ2) is 5.15. The molecular weight excluding hydrogens is 210 g/mol. The van der Waals surface area contributed by atoms with E-state index in [2.05, 4.69) is 54.5 Å². The molecule has 0 saturated heterocycles. The SMILES string of the molecule is CCNC(c1cn[nH]c1)c1ccc(C)c(C)c1. The summed E-state index contributed by atoms with van der Waals surface area (Å²) in [5.41, 5.74) is 5.12. The Morgan fingerprint density at radius 1 is 1.24 bits per heavy atom. The van der Waals surface area contributed by atoms with E-state index in [0.29, 0.717) is 0 Å². The smallest absolute Gasteiger partial charge is 0.0607 e. The first-order valence-corrected chi connectivity index (χ1v) is 6.01. The highest BCUT2D eigenvalue weighted by Crippen LogP contribution is 2.23. The number of benzene rings is 1. The normalized spacial score (nSPS) is 12.6. The van der Waals surface area contributed by atoms with Gasteiger partial charge in [0.25, 0.3) is 0 Å². The highest BCUT2D eigenvalue weighted by atomic mass is 15.1. The van der Waals surface area contributed by atoms with Crippen molar-refractivity contribution in [1.82, 2.24) is 15.5 Å². The Kier molecular flexibility index (Phi) is 3.59. The molecule has 2 rings (SSSR count). The molecular formula is C14H19N3. The minimum atomic E-state index is 0.220. The van der Waals surface area contributed by atoms with Crippen molar-refractivity contribution >= 4 is 0 Å². The van der Waals surface area contributed by atoms with Gasteiger partial charge >= 0.3 is 0 Å². The van der Waals surface area contributed by atoms with Crippen LogP contribution in [0.25, 0.3) is 0 Å². The summed E-state index contributed by atoms with van der Waals surface area (Å²) < 4.78 is 0. The van der Waals surface area contributed by atoms with E-state index in [1.165, 1.54) is 22.3 Å². The molecule has 0 aliphatic carbocycles. The molecule has 1 heterocycles. The second-order valence-electron chi connectivity index (χ2n) is 4.37. The first kappa shape index (κ1) is 11.9. The summed E-state index contributed by atoms with van der Waals surface area (Å²) >= 11 is 0. The van der Waals surface area contributed by atoms with E-state index in [1.807, 2.05) is 12.4 Å². The average molecular weight is 229 g/mol. The first-order chi connectivity index (χ1) is 8.22. The van der Waals surface area contributed by atoms with Gasteiger partial charge in [-0.05, 0) is 37.1 Å². The van der Waals surface area contributed by atoms with Gasteiger partial charge in [-0.3, -0.25) is 5.10 Å². The second-order valence-corrected chi connectivity index (χ2v) is 4.37. The zero-order valence-corrected chi connectivity index (χ0v) is 10.6. The number of aromatic amines is 1. The maximum absolute atomic E-state index is 4.03. The van der Waals surface area contributed by atoms with Gasteiger partial charge in [-0.1, -0.05) is 25.1 Å². The van der Waals surface area contributed by atoms with Gasteiger partial charge in [-0.25, -0.2) is 0 Å². The third-order valence-electron chi connectivity index (χ3n) is 3.13. The van der Waals surface area contributed by atoms with Crippen LogP contribution in [0.1, 0.15) is 35.2 Å². The van der Waals surface area contributed by atoms with Gasteiger partial charge in [-0.2, -0.15) is 5.10 Å². The van der Waals surface area contributed by atoms with Crippen LogP contribution in [0.15, 0.2) is 30.6 Å². The Bertz CT molecular complexity index is 474. The third kappa shape index (κ3) is 2.56. The van der Waals surface area contributed by atoms with Crippen LogP contribution in [-0.2, 0) is 0 Å². The molecule has 2 N–H and O–H groups in total. The van der Waals surface area contributed by atoms with Crippen molar-refractivity contribution in [2.75, 3.05) is 6.54 Å². The fraction of sp³-hybridized carbons (Fsp3) is 0.357. The van der Waals surface area contributed by atoms with Crippen LogP contribution >= 0.6 is 0 Å². The predicted molar refractivity (Wildman–Crippen MR) is 70.0 cm³/mol. The molecule has 17 heavy (non-hydrogen) atoms. The molecule has 0 aliphatic heterocycles. The van der Waals surface area contributed by atoms with Crippen LogP contribution in [0.5, 0.6) is 0 Å². The van der Waals surface area contributed by atoms with Gasteiger partial charge in [0.05, 0.1) is 12.2 Å². The minimum absolute atomic E-state index is 0.220. The Hall–Kier alpha value is -1.61. The topological polar surface area (TPSA) is 40.7 Å². The number of aryl methyl sites for hydroxylation is 2. The van der Waals surface area contributed by atoms with Gasteiger partial charge in [0.2, 0.25) is 0 Å². The lowest BCUT2D eigenvalue weighted by atomic mass is 9.97. The number of nitrogens with zero attached hydrogens (tertiary/aromatic N) is 1. The van der Waals surface area contributed by atoms with Crippen LogP contribution in [0.4, 0.5) is 0 Å². The summed E-state index contributed by atoms with van der Waals surface area (Å²) in [6.45, 7) is 7.34. The van der Waals surface area contributed by atoms with Gasteiger partial charge in [0, 0.05) is 11.8 Å². The molecule has 0 aliphatic rings. The summed E-state index contributed by atoms with van der Waals surface area (Å²) in [5.74, 6) is 0. The quantitative estimate of drug-likeness (QED) is 0.846. The number of aromatic nitrogens is 2. The molecule has 1 aromatic heterocycles. The van der Waals surface area contributed by atoms with Crippen LogP contribution in [0, 0.1) is 13.8 Å². The van der Waals surface area contributed by atoms with Crippen molar-refractivity contribution in [1.29, 1.82) is 0 Å². The molecule has 1 atom stereocenters. The average Bonchev–Trinajstić information content (AvgIpc) is 2.83. The predicted octanol–water partition coefficient (Wildman–Crippen LogP) is 2.73. The zero-order valence-electron chi connectivity index (χ0n) is 10.6. The molecule has 3 nitrogen and oxygen atoms in total. The van der Waals surface area contributed by atoms with E-state index in [-0.39, 0.29) is 6.04 Å². The Balaban J connectivity index is 2.35. The fourth-order valence-electron chi connectivity index (χ4n) is 2.00. The highest BCUT2D eigenvalue weighted by Gasteiger charge is 2.14. The zero-order chi connectivity index (χ0) is 12.3. The largest absolute Gasteiger partial charge is 0.306 e. The molecule has 3 heteroatoms. The van der Waals surface area contributed by atoms with Crippen molar-refractivity contribution in [3.8, 4) is 0 Å². The number of rotatable bonds is 4. The standard InChI is InChI=1S/C14H19N3/c1-4-15-14(13-8-16-17-9-13)12-6-5-10(2)11(3)7-12/h5-9,14-15H,4H2,1-3H3,(H,16,17). The Morgan fingerprint density at radius 2 is 2.06 bits per heavy atom. The Labute approximate surface area is 102 Å². The van der Waals surface area contributed by atoms with Crippen molar-refractivity contribution < 1.29 is 0 Å². The summed E-state index contributed by atoms with van der Waals surface area (Å²) in [6, 6.07) is 6.82. The summed E-state index contributed by atoms with van der Waals surface area (Å²) in [5, 5.41) is 10.4. The van der Waals surface area contributed by atoms with Gasteiger partial charge in [0.1, 0.15) is 0 Å². The maximum Gasteiger partial charge on any atom is 0.0607 e. The monoisotopic (exact) mass is 229 g/mol. The number of hydrogen-bond donors (Lipinski definition) is 2. The minimum Gasteiger partial charge on any atom is -0.306 e. The van der Waals surface area contributed by atoms with Gasteiger partial charge in [0.15, 0.2) is 0 Å². The third-order valence-corrected chi connectivity index (χ3v) is 3.13. The van der Waals surface area contributed by atoms with Crippen molar-refractivity contribution in [3.05, 3.63) is 52.8 Å². The molecule has 0 radical (unpaired) electrons. The lowest BCUT2D eigenvalue weighted by molar-refractivity contribution is 0.630. The molecule has 0 saturated carbocycles. The van der Waals surface area contributed by atoms with Crippen LogP contribution < -0.4 is 5.32 Å². The molecule has 1 aromatic carbocycles. The fourth-order valence-corrected chi connectivity index (χ4v) is 2.00. The van der Waals surface area contributed by atoms with Gasteiger partial charge < -0.3 is 5.32 Å². The summed E-state index contributed by atoms with van der Waals surface area (Å²) in [6.07, 6.45) is 3.82. The molecule has 0 spiro atoms. The van der Waals surface area contributed by atoms with E-state index >= 15 is 0 Å². The maximum atomic E-state index is 4.03. The van der Waals surface area contributed by atoms with Gasteiger partial charge in [-0.15, -0.1) is 0 Å². The van der Waals surface area contributed by atoms with E-state index in [0.717, 1.165) is 6.54 Å². The molecule has 1 unspecified atom stereocenters. The number of nitrogens with one attached hydrogen (secondary N) is 2. The van der Waals surface area contributed by atoms with Crippen LogP contribution in [0.2, 0.25) is 0 Å². The highest BCUT2D eigenvalue weighted by molar-refractivity contribution is 5.35. The number of hydrogen-bond acceptors (Lipinski definition) is 2. The summed E-state index contributed by atoms with van der Waals surface area (Å²) in [4.78, 5) is 0.